The number of carbonyl (C=O) groups is 2. The van der Waals surface area contributed by atoms with Gasteiger partial charge in [-0.3, -0.25) is 9.59 Å². The Morgan fingerprint density at radius 2 is 1.96 bits per heavy atom. The first-order valence-electron chi connectivity index (χ1n) is 8.76. The SMILES string of the molecule is CC(C)(N)COC(Cc1ccccc1)C(=O)NC(Cc1cnc[nH]1)C(N)=O. The number of aromatic amines is 1. The first-order valence-corrected chi connectivity index (χ1v) is 8.76. The fourth-order valence-corrected chi connectivity index (χ4v) is 2.47. The number of carbonyl (C=O) groups excluding carboxylic acids is 2. The van der Waals surface area contributed by atoms with Gasteiger partial charge in [0.1, 0.15) is 12.1 Å². The summed E-state index contributed by atoms with van der Waals surface area (Å²) in [6, 6.07) is 8.63. The summed E-state index contributed by atoms with van der Waals surface area (Å²) in [5.41, 5.74) is 12.5. The lowest BCUT2D eigenvalue weighted by molar-refractivity contribution is -0.136. The third kappa shape index (κ3) is 7.20. The topological polar surface area (TPSA) is 136 Å². The number of ether oxygens (including phenoxy) is 1. The van der Waals surface area contributed by atoms with Crippen molar-refractivity contribution in [3.63, 3.8) is 0 Å². The number of nitrogens with one attached hydrogen (secondary N) is 2. The van der Waals surface area contributed by atoms with Gasteiger partial charge in [0.2, 0.25) is 11.8 Å². The molecule has 2 amide bonds. The number of benzene rings is 1. The molecule has 0 bridgehead atoms. The summed E-state index contributed by atoms with van der Waals surface area (Å²) >= 11 is 0. The number of hydrogen-bond donors (Lipinski definition) is 4. The van der Waals surface area contributed by atoms with Crippen molar-refractivity contribution in [2.75, 3.05) is 6.61 Å². The summed E-state index contributed by atoms with van der Waals surface area (Å²) in [5.74, 6) is -1.04. The Morgan fingerprint density at radius 1 is 1.26 bits per heavy atom. The number of imidazole rings is 1. The van der Waals surface area contributed by atoms with Crippen LogP contribution in [0.15, 0.2) is 42.9 Å². The van der Waals surface area contributed by atoms with Gasteiger partial charge in [0, 0.05) is 30.3 Å². The minimum atomic E-state index is -0.870. The van der Waals surface area contributed by atoms with Crippen molar-refractivity contribution in [1.29, 1.82) is 0 Å². The monoisotopic (exact) mass is 373 g/mol. The summed E-state index contributed by atoms with van der Waals surface area (Å²) in [4.78, 5) is 31.4. The quantitative estimate of drug-likeness (QED) is 0.474. The molecule has 0 saturated heterocycles. The van der Waals surface area contributed by atoms with Gasteiger partial charge >= 0.3 is 0 Å². The molecule has 0 aliphatic rings. The summed E-state index contributed by atoms with van der Waals surface area (Å²) in [7, 11) is 0. The van der Waals surface area contributed by atoms with Crippen molar-refractivity contribution in [2.24, 2.45) is 11.5 Å². The molecule has 1 aromatic carbocycles. The molecule has 1 heterocycles. The standard InChI is InChI=1S/C19H27N5O3/c1-19(2,21)11-27-16(8-13-6-4-3-5-7-13)18(26)24-15(17(20)25)9-14-10-22-12-23-14/h3-7,10,12,15-16H,8-9,11,21H2,1-2H3,(H2,20,25)(H,22,23)(H,24,26). The highest BCUT2D eigenvalue weighted by Gasteiger charge is 2.27. The average molecular weight is 373 g/mol. The summed E-state index contributed by atoms with van der Waals surface area (Å²) < 4.78 is 5.78. The molecule has 0 saturated carbocycles. The molecule has 2 atom stereocenters. The Labute approximate surface area is 158 Å². The van der Waals surface area contributed by atoms with Crippen LogP contribution in [0.3, 0.4) is 0 Å². The lowest BCUT2D eigenvalue weighted by atomic mass is 10.1. The highest BCUT2D eigenvalue weighted by molar-refractivity contribution is 5.88. The van der Waals surface area contributed by atoms with E-state index in [1.54, 1.807) is 6.20 Å². The number of hydrogen-bond acceptors (Lipinski definition) is 5. The van der Waals surface area contributed by atoms with Crippen LogP contribution in [0.1, 0.15) is 25.1 Å². The Morgan fingerprint density at radius 3 is 2.52 bits per heavy atom. The second-order valence-corrected chi connectivity index (χ2v) is 7.22. The predicted molar refractivity (Wildman–Crippen MR) is 102 cm³/mol. The molecule has 2 aromatic rings. The van der Waals surface area contributed by atoms with Crippen molar-refractivity contribution in [2.45, 2.75) is 44.4 Å². The van der Waals surface area contributed by atoms with Crippen LogP contribution in [0, 0.1) is 0 Å². The molecule has 0 aliphatic heterocycles. The summed E-state index contributed by atoms with van der Waals surface area (Å²) in [6.45, 7) is 3.82. The molecule has 1 aromatic heterocycles. The maximum absolute atomic E-state index is 12.8. The molecular formula is C19H27N5O3. The van der Waals surface area contributed by atoms with E-state index in [0.717, 1.165) is 5.56 Å². The van der Waals surface area contributed by atoms with Crippen molar-refractivity contribution in [3.05, 3.63) is 54.1 Å². The van der Waals surface area contributed by atoms with Crippen LogP contribution >= 0.6 is 0 Å². The lowest BCUT2D eigenvalue weighted by Gasteiger charge is -2.25. The van der Waals surface area contributed by atoms with E-state index in [0.29, 0.717) is 12.1 Å². The van der Waals surface area contributed by atoms with Crippen LogP contribution in [0.25, 0.3) is 0 Å². The van der Waals surface area contributed by atoms with Crippen molar-refractivity contribution >= 4 is 11.8 Å². The normalized spacial score (nSPS) is 13.7. The number of nitrogens with zero attached hydrogens (tertiary/aromatic N) is 1. The third-order valence-electron chi connectivity index (χ3n) is 3.85. The van der Waals surface area contributed by atoms with Crippen LogP contribution < -0.4 is 16.8 Å². The molecule has 8 nitrogen and oxygen atoms in total. The van der Waals surface area contributed by atoms with E-state index >= 15 is 0 Å². The maximum Gasteiger partial charge on any atom is 0.250 e. The van der Waals surface area contributed by atoms with E-state index in [2.05, 4.69) is 15.3 Å². The van der Waals surface area contributed by atoms with E-state index < -0.39 is 29.5 Å². The molecule has 0 aliphatic carbocycles. The molecule has 146 valence electrons. The largest absolute Gasteiger partial charge is 0.368 e. The Bertz CT molecular complexity index is 726. The van der Waals surface area contributed by atoms with Gasteiger partial charge in [-0.1, -0.05) is 30.3 Å². The minimum absolute atomic E-state index is 0.194. The predicted octanol–water partition coefficient (Wildman–Crippen LogP) is 0.288. The third-order valence-corrected chi connectivity index (χ3v) is 3.85. The molecule has 0 radical (unpaired) electrons. The lowest BCUT2D eigenvalue weighted by Crippen LogP contribution is -2.51. The number of aromatic nitrogens is 2. The molecule has 8 heteroatoms. The van der Waals surface area contributed by atoms with Crippen LogP contribution in [-0.2, 0) is 27.2 Å². The molecule has 6 N–H and O–H groups in total. The van der Waals surface area contributed by atoms with Gasteiger partial charge in [-0.25, -0.2) is 4.98 Å². The van der Waals surface area contributed by atoms with Crippen LogP contribution in [0.5, 0.6) is 0 Å². The zero-order valence-corrected chi connectivity index (χ0v) is 15.6. The van der Waals surface area contributed by atoms with Gasteiger partial charge in [-0.15, -0.1) is 0 Å². The molecule has 2 rings (SSSR count). The molecule has 0 fully saturated rings. The van der Waals surface area contributed by atoms with Gasteiger partial charge in [0.25, 0.3) is 0 Å². The highest BCUT2D eigenvalue weighted by Crippen LogP contribution is 2.10. The van der Waals surface area contributed by atoms with Crippen molar-refractivity contribution in [3.8, 4) is 0 Å². The fourth-order valence-electron chi connectivity index (χ4n) is 2.47. The second-order valence-electron chi connectivity index (χ2n) is 7.22. The van der Waals surface area contributed by atoms with E-state index in [1.807, 2.05) is 44.2 Å². The zero-order valence-electron chi connectivity index (χ0n) is 15.6. The highest BCUT2D eigenvalue weighted by atomic mass is 16.5. The van der Waals surface area contributed by atoms with E-state index in [1.165, 1.54) is 6.33 Å². The van der Waals surface area contributed by atoms with E-state index in [9.17, 15) is 9.59 Å². The van der Waals surface area contributed by atoms with Gasteiger partial charge in [-0.2, -0.15) is 0 Å². The molecule has 2 unspecified atom stereocenters. The number of rotatable bonds is 10. The Hall–Kier alpha value is -2.71. The van der Waals surface area contributed by atoms with Gasteiger partial charge in [-0.05, 0) is 19.4 Å². The molecular weight excluding hydrogens is 346 g/mol. The number of primary amides is 1. The summed E-state index contributed by atoms with van der Waals surface area (Å²) in [5, 5.41) is 2.68. The van der Waals surface area contributed by atoms with Crippen molar-refractivity contribution in [1.82, 2.24) is 15.3 Å². The van der Waals surface area contributed by atoms with Gasteiger partial charge < -0.3 is 26.5 Å². The number of nitrogens with two attached hydrogens (primary N) is 2. The Kier molecular flexibility index (Phi) is 7.09. The van der Waals surface area contributed by atoms with Crippen LogP contribution in [0.4, 0.5) is 0 Å². The van der Waals surface area contributed by atoms with Crippen LogP contribution in [0.2, 0.25) is 0 Å². The second kappa shape index (κ2) is 9.29. The van der Waals surface area contributed by atoms with Gasteiger partial charge in [0.05, 0.1) is 12.9 Å². The van der Waals surface area contributed by atoms with Crippen molar-refractivity contribution < 1.29 is 14.3 Å². The Balaban J connectivity index is 2.08. The zero-order chi connectivity index (χ0) is 19.9. The average Bonchev–Trinajstić information content (AvgIpc) is 3.11. The number of H-pyrrole nitrogens is 1. The smallest absolute Gasteiger partial charge is 0.250 e. The molecule has 0 spiro atoms. The fraction of sp³-hybridized carbons (Fsp3) is 0.421. The first-order chi connectivity index (χ1) is 12.7. The summed E-state index contributed by atoms with van der Waals surface area (Å²) in [6.07, 6.45) is 2.87. The van der Waals surface area contributed by atoms with E-state index in [4.69, 9.17) is 16.2 Å². The van der Waals surface area contributed by atoms with Crippen LogP contribution in [-0.4, -0.2) is 46.1 Å². The minimum Gasteiger partial charge on any atom is -0.368 e. The van der Waals surface area contributed by atoms with Gasteiger partial charge in [0.15, 0.2) is 0 Å². The maximum atomic E-state index is 12.8. The number of amides is 2. The first kappa shape index (κ1) is 20.6. The molecule has 27 heavy (non-hydrogen) atoms. The van der Waals surface area contributed by atoms with E-state index in [-0.39, 0.29) is 13.0 Å².